The van der Waals surface area contributed by atoms with Crippen molar-refractivity contribution in [2.45, 2.75) is 18.9 Å². The van der Waals surface area contributed by atoms with Crippen LogP contribution in [0.1, 0.15) is 23.2 Å². The van der Waals surface area contributed by atoms with E-state index < -0.39 is 0 Å². The molecule has 3 heterocycles. The highest BCUT2D eigenvalue weighted by Crippen LogP contribution is 2.41. The summed E-state index contributed by atoms with van der Waals surface area (Å²) >= 11 is 0. The topological polar surface area (TPSA) is 51.7 Å². The molecule has 2 aromatic rings. The first-order valence-electron chi connectivity index (χ1n) is 8.47. The second-order valence-corrected chi connectivity index (χ2v) is 6.80. The number of piperidine rings is 1. The van der Waals surface area contributed by atoms with Gasteiger partial charge in [0.2, 0.25) is 0 Å². The fraction of sp³-hybridized carbons (Fsp3) is 0.474. The van der Waals surface area contributed by atoms with E-state index in [9.17, 15) is 4.79 Å². The van der Waals surface area contributed by atoms with Crippen LogP contribution in [0.3, 0.4) is 0 Å². The maximum Gasteiger partial charge on any atom is 0.254 e. The molecule has 0 saturated carbocycles. The van der Waals surface area contributed by atoms with Gasteiger partial charge in [-0.25, -0.2) is 0 Å². The van der Waals surface area contributed by atoms with E-state index in [0.29, 0.717) is 13.2 Å². The Hall–Kier alpha value is -1.98. The number of para-hydroxylation sites is 1. The smallest absolute Gasteiger partial charge is 0.254 e. The second kappa shape index (κ2) is 6.15. The van der Waals surface area contributed by atoms with Gasteiger partial charge in [0.05, 0.1) is 23.8 Å². The zero-order valence-electron chi connectivity index (χ0n) is 13.9. The Labute approximate surface area is 141 Å². The average molecular weight is 326 g/mol. The first kappa shape index (κ1) is 15.5. The molecule has 5 heteroatoms. The van der Waals surface area contributed by atoms with Crippen molar-refractivity contribution in [2.75, 3.05) is 33.4 Å². The summed E-state index contributed by atoms with van der Waals surface area (Å²) in [5, 5.41) is 0.913. The number of ether oxygens (including phenoxy) is 2. The molecule has 2 saturated heterocycles. The van der Waals surface area contributed by atoms with E-state index in [1.807, 2.05) is 35.2 Å². The molecule has 1 amide bonds. The number of amides is 1. The van der Waals surface area contributed by atoms with E-state index in [1.165, 1.54) is 0 Å². The normalized spacial score (nSPS) is 26.5. The molecular formula is C19H22N2O3. The van der Waals surface area contributed by atoms with Gasteiger partial charge in [-0.2, -0.15) is 0 Å². The lowest BCUT2D eigenvalue weighted by Gasteiger charge is -2.43. The predicted octanol–water partition coefficient (Wildman–Crippen LogP) is 2.50. The molecule has 4 rings (SSSR count). The quantitative estimate of drug-likeness (QED) is 0.870. The Kier molecular flexibility index (Phi) is 3.98. The van der Waals surface area contributed by atoms with Gasteiger partial charge in [-0.05, 0) is 25.0 Å². The standard InChI is InChI=1S/C19H22N2O3/c1-23-13-19-8-11-24-17(19)7-10-21(12-19)18(22)15-6-9-20-16-5-3-2-4-14(15)16/h2-6,9,17H,7-8,10-13H2,1H3/t17-,19+/m0/s1. The summed E-state index contributed by atoms with van der Waals surface area (Å²) in [6.07, 6.45) is 3.74. The van der Waals surface area contributed by atoms with Gasteiger partial charge in [0.25, 0.3) is 5.91 Å². The number of nitrogens with zero attached hydrogens (tertiary/aromatic N) is 2. The minimum Gasteiger partial charge on any atom is -0.384 e. The molecule has 5 nitrogen and oxygen atoms in total. The molecule has 2 aliphatic heterocycles. The van der Waals surface area contributed by atoms with E-state index >= 15 is 0 Å². The van der Waals surface area contributed by atoms with Crippen LogP contribution < -0.4 is 0 Å². The van der Waals surface area contributed by atoms with Gasteiger partial charge in [-0.3, -0.25) is 9.78 Å². The first-order chi connectivity index (χ1) is 11.7. The van der Waals surface area contributed by atoms with Crippen LogP contribution in [-0.4, -0.2) is 55.3 Å². The number of hydrogen-bond acceptors (Lipinski definition) is 4. The van der Waals surface area contributed by atoms with Crippen LogP contribution in [0.15, 0.2) is 36.5 Å². The molecular weight excluding hydrogens is 304 g/mol. The number of likely N-dealkylation sites (tertiary alicyclic amines) is 1. The summed E-state index contributed by atoms with van der Waals surface area (Å²) < 4.78 is 11.4. The minimum absolute atomic E-state index is 0.0640. The highest BCUT2D eigenvalue weighted by atomic mass is 16.5. The largest absolute Gasteiger partial charge is 0.384 e. The van der Waals surface area contributed by atoms with Crippen molar-refractivity contribution in [3.63, 3.8) is 0 Å². The molecule has 126 valence electrons. The first-order valence-corrected chi connectivity index (χ1v) is 8.47. The van der Waals surface area contributed by atoms with Gasteiger partial charge in [-0.15, -0.1) is 0 Å². The Bertz CT molecular complexity index is 758. The third-order valence-corrected chi connectivity index (χ3v) is 5.37. The lowest BCUT2D eigenvalue weighted by Crippen LogP contribution is -2.53. The molecule has 2 atom stereocenters. The minimum atomic E-state index is -0.0640. The third kappa shape index (κ3) is 2.48. The summed E-state index contributed by atoms with van der Waals surface area (Å²) in [5.41, 5.74) is 1.52. The zero-order valence-corrected chi connectivity index (χ0v) is 13.9. The summed E-state index contributed by atoms with van der Waals surface area (Å²) in [6, 6.07) is 9.62. The maximum atomic E-state index is 13.2. The lowest BCUT2D eigenvalue weighted by molar-refractivity contribution is -0.0468. The Morgan fingerprint density at radius 1 is 1.42 bits per heavy atom. The molecule has 24 heavy (non-hydrogen) atoms. The maximum absolute atomic E-state index is 13.2. The number of rotatable bonds is 3. The van der Waals surface area contributed by atoms with Crippen LogP contribution in [0, 0.1) is 5.41 Å². The number of pyridine rings is 1. The van der Waals surface area contributed by atoms with Gasteiger partial charge >= 0.3 is 0 Å². The van der Waals surface area contributed by atoms with Gasteiger partial charge in [0, 0.05) is 43.8 Å². The highest BCUT2D eigenvalue weighted by molar-refractivity contribution is 6.06. The average Bonchev–Trinajstić information content (AvgIpc) is 3.03. The molecule has 0 unspecified atom stereocenters. The predicted molar refractivity (Wildman–Crippen MR) is 90.9 cm³/mol. The van der Waals surface area contributed by atoms with E-state index in [2.05, 4.69) is 4.98 Å². The van der Waals surface area contributed by atoms with Crippen LogP contribution >= 0.6 is 0 Å². The lowest BCUT2D eigenvalue weighted by atomic mass is 9.77. The van der Waals surface area contributed by atoms with E-state index in [-0.39, 0.29) is 17.4 Å². The molecule has 0 aliphatic carbocycles. The van der Waals surface area contributed by atoms with Crippen LogP contribution in [-0.2, 0) is 9.47 Å². The Balaban J connectivity index is 1.64. The number of fused-ring (bicyclic) bond motifs is 2. The number of hydrogen-bond donors (Lipinski definition) is 0. The molecule has 0 spiro atoms. The zero-order chi connectivity index (χ0) is 16.6. The van der Waals surface area contributed by atoms with Crippen LogP contribution in [0.2, 0.25) is 0 Å². The fourth-order valence-corrected chi connectivity index (χ4v) is 4.17. The highest BCUT2D eigenvalue weighted by Gasteiger charge is 2.49. The number of benzene rings is 1. The Morgan fingerprint density at radius 2 is 2.29 bits per heavy atom. The third-order valence-electron chi connectivity index (χ3n) is 5.37. The summed E-state index contributed by atoms with van der Waals surface area (Å²) in [6.45, 7) is 2.82. The van der Waals surface area contributed by atoms with Gasteiger partial charge in [0.15, 0.2) is 0 Å². The van der Waals surface area contributed by atoms with Gasteiger partial charge < -0.3 is 14.4 Å². The van der Waals surface area contributed by atoms with E-state index in [0.717, 1.165) is 42.5 Å². The van der Waals surface area contributed by atoms with Crippen LogP contribution in [0.5, 0.6) is 0 Å². The van der Waals surface area contributed by atoms with Crippen molar-refractivity contribution in [3.8, 4) is 0 Å². The van der Waals surface area contributed by atoms with Crippen molar-refractivity contribution >= 4 is 16.8 Å². The summed E-state index contributed by atoms with van der Waals surface area (Å²) in [7, 11) is 1.72. The fourth-order valence-electron chi connectivity index (χ4n) is 4.17. The van der Waals surface area contributed by atoms with Crippen molar-refractivity contribution in [2.24, 2.45) is 5.41 Å². The molecule has 2 aliphatic rings. The second-order valence-electron chi connectivity index (χ2n) is 6.80. The van der Waals surface area contributed by atoms with Crippen molar-refractivity contribution in [1.82, 2.24) is 9.88 Å². The molecule has 1 aromatic heterocycles. The number of carbonyl (C=O) groups is 1. The molecule has 1 aromatic carbocycles. The monoisotopic (exact) mass is 326 g/mol. The molecule has 0 N–H and O–H groups in total. The SMILES string of the molecule is COC[C@]12CCO[C@H]1CCN(C(=O)c1ccnc3ccccc13)C2. The molecule has 2 fully saturated rings. The summed E-state index contributed by atoms with van der Waals surface area (Å²) in [5.74, 6) is 0.0782. The Morgan fingerprint density at radius 3 is 3.17 bits per heavy atom. The van der Waals surface area contributed by atoms with Gasteiger partial charge in [-0.1, -0.05) is 18.2 Å². The molecule has 0 radical (unpaired) electrons. The van der Waals surface area contributed by atoms with Gasteiger partial charge in [0.1, 0.15) is 0 Å². The van der Waals surface area contributed by atoms with Crippen molar-refractivity contribution in [1.29, 1.82) is 0 Å². The number of methoxy groups -OCH3 is 1. The summed E-state index contributed by atoms with van der Waals surface area (Å²) in [4.78, 5) is 19.5. The van der Waals surface area contributed by atoms with Crippen molar-refractivity contribution in [3.05, 3.63) is 42.1 Å². The van der Waals surface area contributed by atoms with Crippen molar-refractivity contribution < 1.29 is 14.3 Å². The van der Waals surface area contributed by atoms with Crippen LogP contribution in [0.4, 0.5) is 0 Å². The van der Waals surface area contributed by atoms with E-state index in [1.54, 1.807) is 13.3 Å². The number of aromatic nitrogens is 1. The number of carbonyl (C=O) groups excluding carboxylic acids is 1. The molecule has 0 bridgehead atoms. The van der Waals surface area contributed by atoms with E-state index in [4.69, 9.17) is 9.47 Å². The van der Waals surface area contributed by atoms with Crippen LogP contribution in [0.25, 0.3) is 10.9 Å².